The summed E-state index contributed by atoms with van der Waals surface area (Å²) in [5.74, 6) is 2.48. The van der Waals surface area contributed by atoms with Gasteiger partial charge in [0, 0.05) is 32.3 Å². The molecule has 0 fully saturated rings. The van der Waals surface area contributed by atoms with Gasteiger partial charge in [-0.05, 0) is 90.0 Å². The Bertz CT molecular complexity index is 3800. The van der Waals surface area contributed by atoms with Crippen molar-refractivity contribution < 1.29 is 4.74 Å². The zero-order valence-electron chi connectivity index (χ0n) is 33.8. The summed E-state index contributed by atoms with van der Waals surface area (Å²) in [5, 5.41) is 8.23. The molecule has 2 aliphatic rings. The van der Waals surface area contributed by atoms with Crippen LogP contribution in [0.3, 0.4) is 0 Å². The zero-order chi connectivity index (χ0) is 41.2. The number of para-hydroxylation sites is 2. The minimum absolute atomic E-state index is 0.634. The second kappa shape index (κ2) is 13.0. The quantitative estimate of drug-likeness (QED) is 0.167. The van der Waals surface area contributed by atoms with Crippen LogP contribution in [0.2, 0.25) is 0 Å². The highest BCUT2D eigenvalue weighted by atomic mass is 32.1. The van der Waals surface area contributed by atoms with E-state index in [9.17, 15) is 0 Å². The Labute approximate surface area is 367 Å². The average molecular weight is 819 g/mol. The molecule has 0 saturated carbocycles. The predicted molar refractivity (Wildman–Crippen MR) is 261 cm³/mol. The van der Waals surface area contributed by atoms with E-state index in [0.29, 0.717) is 0 Å². The minimum atomic E-state index is -0.634. The number of hydrogen-bond acceptors (Lipinski definition) is 4. The molecule has 0 N–H and O–H groups in total. The van der Waals surface area contributed by atoms with E-state index in [1.165, 1.54) is 59.6 Å². The molecular formula is C59H34N2OS. The first-order chi connectivity index (χ1) is 31.3. The highest BCUT2D eigenvalue weighted by molar-refractivity contribution is 7.26. The lowest BCUT2D eigenvalue weighted by Crippen LogP contribution is -2.32. The van der Waals surface area contributed by atoms with E-state index < -0.39 is 5.41 Å². The number of fused-ring (bicyclic) bond motifs is 16. The summed E-state index contributed by atoms with van der Waals surface area (Å²) in [6.07, 6.45) is 0. The first-order valence-electron chi connectivity index (χ1n) is 21.5. The third-order valence-corrected chi connectivity index (χ3v) is 14.7. The third-order valence-electron chi connectivity index (χ3n) is 13.5. The first-order valence-corrected chi connectivity index (χ1v) is 22.3. The van der Waals surface area contributed by atoms with Crippen LogP contribution in [-0.4, -0.2) is 9.97 Å². The molecule has 0 unspecified atom stereocenters. The lowest BCUT2D eigenvalue weighted by molar-refractivity contribution is 0.436. The van der Waals surface area contributed by atoms with Gasteiger partial charge in [-0.25, -0.2) is 9.97 Å². The highest BCUT2D eigenvalue weighted by Crippen LogP contribution is 2.63. The van der Waals surface area contributed by atoms with Gasteiger partial charge < -0.3 is 4.74 Å². The normalized spacial score (nSPS) is 13.3. The smallest absolute Gasteiger partial charge is 0.161 e. The fraction of sp³-hybridized carbons (Fsp3) is 0.0169. The van der Waals surface area contributed by atoms with Crippen LogP contribution in [0, 0.1) is 0 Å². The van der Waals surface area contributed by atoms with Crippen LogP contribution < -0.4 is 4.74 Å². The largest absolute Gasteiger partial charge is 0.457 e. The molecule has 14 rings (SSSR count). The molecule has 63 heavy (non-hydrogen) atoms. The van der Waals surface area contributed by atoms with Crippen molar-refractivity contribution in [3.63, 3.8) is 0 Å². The van der Waals surface area contributed by atoms with Gasteiger partial charge in [-0.15, -0.1) is 11.3 Å². The summed E-state index contributed by atoms with van der Waals surface area (Å²) in [5.41, 5.74) is 13.1. The summed E-state index contributed by atoms with van der Waals surface area (Å²) in [6, 6.07) is 74.7. The van der Waals surface area contributed by atoms with E-state index in [4.69, 9.17) is 14.7 Å². The van der Waals surface area contributed by atoms with Gasteiger partial charge in [-0.3, -0.25) is 0 Å². The van der Waals surface area contributed by atoms with Crippen molar-refractivity contribution >= 4 is 64.0 Å². The maximum atomic E-state index is 6.74. The predicted octanol–water partition coefficient (Wildman–Crippen LogP) is 15.8. The van der Waals surface area contributed by atoms with Gasteiger partial charge in [-0.1, -0.05) is 182 Å². The van der Waals surface area contributed by atoms with Crippen molar-refractivity contribution in [2.75, 3.05) is 0 Å². The second-order valence-corrected chi connectivity index (χ2v) is 17.7. The number of aromatic nitrogens is 2. The van der Waals surface area contributed by atoms with Crippen molar-refractivity contribution in [3.8, 4) is 56.4 Å². The van der Waals surface area contributed by atoms with E-state index in [-0.39, 0.29) is 0 Å². The number of benzene rings is 10. The second-order valence-electron chi connectivity index (χ2n) is 16.7. The fourth-order valence-corrected chi connectivity index (χ4v) is 12.2. The lowest BCUT2D eigenvalue weighted by atomic mass is 9.66. The standard InChI is InChI=1S/C59H34N2OS/c1-2-17-36(18-3-1)52-39-20-6-8-22-41(39)54(42-23-9-7-21-40(42)52)58-60-55(57-56(61-58)44-24-10-15-29-51(44)63-57)37-30-32-43-48(34-37)59(47-33-31-35-16-4-5-19-38(35)53(43)47)45-25-11-13-27-49(45)62-50-28-14-12-26-46(50)59/h1-34H. The van der Waals surface area contributed by atoms with E-state index in [2.05, 4.69) is 206 Å². The molecular weight excluding hydrogens is 785 g/mol. The Morgan fingerprint density at radius 2 is 0.984 bits per heavy atom. The summed E-state index contributed by atoms with van der Waals surface area (Å²) >= 11 is 1.78. The molecule has 1 aliphatic heterocycles. The summed E-state index contributed by atoms with van der Waals surface area (Å²) in [6.45, 7) is 0. The molecule has 0 radical (unpaired) electrons. The van der Waals surface area contributed by atoms with Crippen LogP contribution in [0.5, 0.6) is 11.5 Å². The summed E-state index contributed by atoms with van der Waals surface area (Å²) in [7, 11) is 0. The van der Waals surface area contributed by atoms with Crippen molar-refractivity contribution in [3.05, 3.63) is 229 Å². The molecule has 0 saturated heterocycles. The van der Waals surface area contributed by atoms with Crippen LogP contribution >= 0.6 is 11.3 Å². The maximum absolute atomic E-state index is 6.74. The number of thiophene rings is 1. The molecule has 3 heterocycles. The molecule has 2 aromatic heterocycles. The molecule has 0 amide bonds. The van der Waals surface area contributed by atoms with Crippen LogP contribution in [0.15, 0.2) is 206 Å². The highest BCUT2D eigenvalue weighted by Gasteiger charge is 2.51. The van der Waals surface area contributed by atoms with E-state index in [0.717, 1.165) is 71.6 Å². The molecule has 0 atom stereocenters. The number of rotatable bonds is 3. The molecule has 4 heteroatoms. The van der Waals surface area contributed by atoms with Gasteiger partial charge in [0.05, 0.1) is 21.3 Å². The van der Waals surface area contributed by atoms with Gasteiger partial charge in [0.2, 0.25) is 0 Å². The SMILES string of the molecule is c1ccc(-c2c3ccccc3c(-c3nc(-c4ccc5c(c4)C4(c6ccccc6Oc6ccccc64)c4ccc6ccccc6c4-5)c4sc5ccccc5c4n3)c3ccccc23)cc1. The average Bonchev–Trinajstić information content (AvgIpc) is 3.87. The Morgan fingerprint density at radius 3 is 1.70 bits per heavy atom. The minimum Gasteiger partial charge on any atom is -0.457 e. The molecule has 1 spiro atoms. The molecule has 292 valence electrons. The topological polar surface area (TPSA) is 35.0 Å². The maximum Gasteiger partial charge on any atom is 0.161 e. The Hall–Kier alpha value is -7.92. The lowest BCUT2D eigenvalue weighted by Gasteiger charge is -2.39. The van der Waals surface area contributed by atoms with Crippen LogP contribution in [-0.2, 0) is 5.41 Å². The summed E-state index contributed by atoms with van der Waals surface area (Å²) in [4.78, 5) is 11.3. The molecule has 10 aromatic carbocycles. The van der Waals surface area contributed by atoms with Crippen LogP contribution in [0.25, 0.3) is 97.5 Å². The molecule has 12 aromatic rings. The Balaban J connectivity index is 1.10. The zero-order valence-corrected chi connectivity index (χ0v) is 34.7. The van der Waals surface area contributed by atoms with Gasteiger partial charge in [0.15, 0.2) is 5.82 Å². The van der Waals surface area contributed by atoms with Crippen molar-refractivity contribution in [1.29, 1.82) is 0 Å². The Kier molecular flexibility index (Phi) is 7.20. The van der Waals surface area contributed by atoms with Crippen molar-refractivity contribution in [2.45, 2.75) is 5.41 Å². The monoisotopic (exact) mass is 818 g/mol. The van der Waals surface area contributed by atoms with Gasteiger partial charge >= 0.3 is 0 Å². The fourth-order valence-electron chi connectivity index (χ4n) is 11.0. The van der Waals surface area contributed by atoms with E-state index in [1.54, 1.807) is 11.3 Å². The molecule has 1 aliphatic carbocycles. The van der Waals surface area contributed by atoms with Gasteiger partial charge in [0.1, 0.15) is 11.5 Å². The number of ether oxygens (including phenoxy) is 1. The van der Waals surface area contributed by atoms with Crippen molar-refractivity contribution in [2.24, 2.45) is 0 Å². The van der Waals surface area contributed by atoms with Crippen molar-refractivity contribution in [1.82, 2.24) is 9.97 Å². The van der Waals surface area contributed by atoms with Crippen LogP contribution in [0.4, 0.5) is 0 Å². The molecule has 0 bridgehead atoms. The summed E-state index contributed by atoms with van der Waals surface area (Å²) < 4.78 is 9.01. The third kappa shape index (κ3) is 4.73. The Morgan fingerprint density at radius 1 is 0.397 bits per heavy atom. The van der Waals surface area contributed by atoms with Gasteiger partial charge in [0.25, 0.3) is 0 Å². The van der Waals surface area contributed by atoms with E-state index in [1.807, 2.05) is 0 Å². The number of nitrogens with zero attached hydrogens (tertiary/aromatic N) is 2. The van der Waals surface area contributed by atoms with Crippen LogP contribution in [0.1, 0.15) is 22.3 Å². The van der Waals surface area contributed by atoms with E-state index >= 15 is 0 Å². The first kappa shape index (κ1) is 34.8. The molecule has 3 nitrogen and oxygen atoms in total. The number of hydrogen-bond donors (Lipinski definition) is 0. The van der Waals surface area contributed by atoms with Gasteiger partial charge in [-0.2, -0.15) is 0 Å².